The minimum absolute atomic E-state index is 0.0454. The van der Waals surface area contributed by atoms with Gasteiger partial charge in [0.05, 0.1) is 18.0 Å². The van der Waals surface area contributed by atoms with Gasteiger partial charge in [-0.05, 0) is 41.3 Å². The number of nitrogens with one attached hydrogen (secondary N) is 2. The molecule has 0 unspecified atom stereocenters. The molecule has 2 aromatic rings. The molecule has 6 heteroatoms. The van der Waals surface area contributed by atoms with Crippen LogP contribution in [0.15, 0.2) is 47.4 Å². The topological polar surface area (TPSA) is 67.4 Å². The lowest BCUT2D eigenvalue weighted by atomic mass is 9.87. The maximum absolute atomic E-state index is 12.3. The zero-order valence-corrected chi connectivity index (χ0v) is 16.6. The molecule has 0 atom stereocenters. The Morgan fingerprint density at radius 2 is 1.93 bits per heavy atom. The van der Waals surface area contributed by atoms with Gasteiger partial charge in [0.25, 0.3) is 5.91 Å². The van der Waals surface area contributed by atoms with Gasteiger partial charge in [0.1, 0.15) is 12.4 Å². The fraction of sp³-hybridized carbons (Fsp3) is 0.333. The van der Waals surface area contributed by atoms with E-state index in [1.807, 2.05) is 18.2 Å². The van der Waals surface area contributed by atoms with Crippen LogP contribution in [-0.2, 0) is 10.2 Å². The molecule has 5 nitrogen and oxygen atoms in total. The van der Waals surface area contributed by atoms with Gasteiger partial charge in [-0.2, -0.15) is 0 Å². The van der Waals surface area contributed by atoms with Crippen LogP contribution >= 0.6 is 11.8 Å². The van der Waals surface area contributed by atoms with Crippen LogP contribution in [0.5, 0.6) is 5.75 Å². The van der Waals surface area contributed by atoms with E-state index in [1.165, 1.54) is 17.3 Å². The second kappa shape index (κ2) is 8.05. The van der Waals surface area contributed by atoms with E-state index in [2.05, 4.69) is 43.5 Å². The summed E-state index contributed by atoms with van der Waals surface area (Å²) < 4.78 is 5.69. The smallest absolute Gasteiger partial charge is 0.251 e. The van der Waals surface area contributed by atoms with Gasteiger partial charge >= 0.3 is 0 Å². The number of benzene rings is 2. The van der Waals surface area contributed by atoms with Crippen molar-refractivity contribution in [1.82, 2.24) is 5.32 Å². The molecule has 0 bridgehead atoms. The molecule has 0 saturated heterocycles. The average Bonchev–Trinajstić information content (AvgIpc) is 2.64. The van der Waals surface area contributed by atoms with Crippen LogP contribution in [-0.4, -0.2) is 30.7 Å². The summed E-state index contributed by atoms with van der Waals surface area (Å²) in [6.45, 7) is 7.30. The lowest BCUT2D eigenvalue weighted by Gasteiger charge is -2.19. The minimum atomic E-state index is -0.186. The van der Waals surface area contributed by atoms with Crippen LogP contribution in [0.4, 0.5) is 5.69 Å². The zero-order valence-electron chi connectivity index (χ0n) is 15.8. The number of carbonyl (C=O) groups is 2. The molecule has 1 aliphatic heterocycles. The molecular weight excluding hydrogens is 360 g/mol. The maximum Gasteiger partial charge on any atom is 0.251 e. The Labute approximate surface area is 163 Å². The van der Waals surface area contributed by atoms with Crippen molar-refractivity contribution in [2.24, 2.45) is 0 Å². The standard InChI is InChI=1S/C21H24N2O3S/c1-21(2,3)15-5-7-16(8-6-15)26-11-10-22-20(25)14-4-9-18-17(12-14)23-19(24)13-27-18/h4-9,12H,10-11,13H2,1-3H3,(H,22,25)(H,23,24). The minimum Gasteiger partial charge on any atom is -0.492 e. The molecule has 2 amide bonds. The summed E-state index contributed by atoms with van der Waals surface area (Å²) >= 11 is 1.47. The van der Waals surface area contributed by atoms with Gasteiger partial charge in [-0.25, -0.2) is 0 Å². The molecule has 3 rings (SSSR count). The predicted molar refractivity (Wildman–Crippen MR) is 109 cm³/mol. The Morgan fingerprint density at radius 1 is 1.19 bits per heavy atom. The van der Waals surface area contributed by atoms with Crippen molar-refractivity contribution >= 4 is 29.3 Å². The van der Waals surface area contributed by atoms with Crippen molar-refractivity contribution in [2.45, 2.75) is 31.1 Å². The molecule has 0 fully saturated rings. The number of carbonyl (C=O) groups excluding carboxylic acids is 2. The Bertz CT molecular complexity index is 841. The van der Waals surface area contributed by atoms with Crippen LogP contribution in [0.25, 0.3) is 0 Å². The van der Waals surface area contributed by atoms with Crippen LogP contribution < -0.4 is 15.4 Å². The third-order valence-electron chi connectivity index (χ3n) is 4.25. The van der Waals surface area contributed by atoms with Crippen molar-refractivity contribution in [1.29, 1.82) is 0 Å². The number of ether oxygens (including phenoxy) is 1. The van der Waals surface area contributed by atoms with Crippen molar-refractivity contribution in [3.8, 4) is 5.75 Å². The Hall–Kier alpha value is -2.47. The monoisotopic (exact) mass is 384 g/mol. The van der Waals surface area contributed by atoms with Crippen molar-refractivity contribution < 1.29 is 14.3 Å². The number of anilines is 1. The number of amides is 2. The fourth-order valence-electron chi connectivity index (χ4n) is 2.71. The van der Waals surface area contributed by atoms with E-state index < -0.39 is 0 Å². The van der Waals surface area contributed by atoms with E-state index in [1.54, 1.807) is 12.1 Å². The van der Waals surface area contributed by atoms with E-state index >= 15 is 0 Å². The van der Waals surface area contributed by atoms with Gasteiger partial charge < -0.3 is 15.4 Å². The summed E-state index contributed by atoms with van der Waals surface area (Å²) in [5.41, 5.74) is 2.57. The SMILES string of the molecule is CC(C)(C)c1ccc(OCCNC(=O)c2ccc3c(c2)NC(=O)CS3)cc1. The van der Waals surface area contributed by atoms with Crippen molar-refractivity contribution in [3.63, 3.8) is 0 Å². The van der Waals surface area contributed by atoms with Gasteiger partial charge in [0.2, 0.25) is 5.91 Å². The molecule has 27 heavy (non-hydrogen) atoms. The second-order valence-corrected chi connectivity index (χ2v) is 8.44. The van der Waals surface area contributed by atoms with Crippen LogP contribution in [0, 0.1) is 0 Å². The summed E-state index contributed by atoms with van der Waals surface area (Å²) in [5, 5.41) is 5.63. The normalized spacial score (nSPS) is 13.5. The lowest BCUT2D eigenvalue weighted by molar-refractivity contribution is -0.113. The van der Waals surface area contributed by atoms with E-state index in [-0.39, 0.29) is 17.2 Å². The molecule has 0 aromatic heterocycles. The summed E-state index contributed by atoms with van der Waals surface area (Å²) in [4.78, 5) is 24.8. The largest absolute Gasteiger partial charge is 0.492 e. The van der Waals surface area contributed by atoms with E-state index in [0.717, 1.165) is 10.6 Å². The van der Waals surface area contributed by atoms with Gasteiger partial charge in [-0.1, -0.05) is 32.9 Å². The highest BCUT2D eigenvalue weighted by atomic mass is 32.2. The first-order chi connectivity index (χ1) is 12.8. The van der Waals surface area contributed by atoms with E-state index in [0.29, 0.717) is 30.2 Å². The van der Waals surface area contributed by atoms with Gasteiger partial charge in [-0.3, -0.25) is 9.59 Å². The van der Waals surface area contributed by atoms with Gasteiger partial charge in [-0.15, -0.1) is 11.8 Å². The Balaban J connectivity index is 1.48. The second-order valence-electron chi connectivity index (χ2n) is 7.43. The molecule has 1 heterocycles. The molecular formula is C21H24N2O3S. The molecule has 0 radical (unpaired) electrons. The summed E-state index contributed by atoms with van der Waals surface area (Å²) in [6.07, 6.45) is 0. The lowest BCUT2D eigenvalue weighted by Crippen LogP contribution is -2.28. The number of hydrogen-bond acceptors (Lipinski definition) is 4. The number of rotatable bonds is 5. The Kier molecular flexibility index (Phi) is 5.75. The number of fused-ring (bicyclic) bond motifs is 1. The van der Waals surface area contributed by atoms with E-state index in [9.17, 15) is 9.59 Å². The molecule has 2 N–H and O–H groups in total. The van der Waals surface area contributed by atoms with Crippen LogP contribution in [0.3, 0.4) is 0 Å². The highest BCUT2D eigenvalue weighted by Crippen LogP contribution is 2.31. The number of hydrogen-bond donors (Lipinski definition) is 2. The maximum atomic E-state index is 12.3. The molecule has 0 spiro atoms. The first-order valence-electron chi connectivity index (χ1n) is 8.91. The van der Waals surface area contributed by atoms with E-state index in [4.69, 9.17) is 4.74 Å². The zero-order chi connectivity index (χ0) is 19.4. The quantitative estimate of drug-likeness (QED) is 0.769. The number of thioether (sulfide) groups is 1. The van der Waals surface area contributed by atoms with Crippen molar-refractivity contribution in [2.75, 3.05) is 24.2 Å². The molecule has 142 valence electrons. The van der Waals surface area contributed by atoms with Crippen LogP contribution in [0.2, 0.25) is 0 Å². The van der Waals surface area contributed by atoms with Gasteiger partial charge in [0, 0.05) is 10.5 Å². The Morgan fingerprint density at radius 3 is 2.63 bits per heavy atom. The van der Waals surface area contributed by atoms with Gasteiger partial charge in [0.15, 0.2) is 0 Å². The first-order valence-corrected chi connectivity index (χ1v) is 9.90. The molecule has 1 aliphatic rings. The molecule has 0 aliphatic carbocycles. The predicted octanol–water partition coefficient (Wildman–Crippen LogP) is 3.84. The third kappa shape index (κ3) is 5.04. The first kappa shape index (κ1) is 19.3. The van der Waals surface area contributed by atoms with Crippen LogP contribution in [0.1, 0.15) is 36.7 Å². The average molecular weight is 385 g/mol. The fourth-order valence-corrected chi connectivity index (χ4v) is 3.50. The summed E-state index contributed by atoms with van der Waals surface area (Å²) in [7, 11) is 0. The summed E-state index contributed by atoms with van der Waals surface area (Å²) in [6, 6.07) is 13.4. The molecule has 2 aromatic carbocycles. The summed E-state index contributed by atoms with van der Waals surface area (Å²) in [5.74, 6) is 0.961. The highest BCUT2D eigenvalue weighted by molar-refractivity contribution is 8.00. The van der Waals surface area contributed by atoms with Crippen molar-refractivity contribution in [3.05, 3.63) is 53.6 Å². The third-order valence-corrected chi connectivity index (χ3v) is 5.32. The molecule has 0 saturated carbocycles. The highest BCUT2D eigenvalue weighted by Gasteiger charge is 2.17.